The molecular weight excluding hydrogens is 468 g/mol. The lowest BCUT2D eigenvalue weighted by molar-refractivity contribution is 0.245. The SMILES string of the molecule is O=S(O)Nc1ccc(NC(=S)NCCCCCN(Cc2ccccn2)Cc2ccccn2)cc1. The van der Waals surface area contributed by atoms with Crippen LogP contribution in [0.5, 0.6) is 0 Å². The molecule has 2 heterocycles. The fourth-order valence-corrected chi connectivity index (χ4v) is 3.95. The van der Waals surface area contributed by atoms with Gasteiger partial charge in [-0.2, -0.15) is 0 Å². The van der Waals surface area contributed by atoms with Crippen LogP contribution >= 0.6 is 12.2 Å². The van der Waals surface area contributed by atoms with Crippen LogP contribution in [0, 0.1) is 0 Å². The summed E-state index contributed by atoms with van der Waals surface area (Å²) in [5.74, 6) is 0. The van der Waals surface area contributed by atoms with Gasteiger partial charge in [0.2, 0.25) is 0 Å². The van der Waals surface area contributed by atoms with Crippen molar-refractivity contribution < 1.29 is 8.76 Å². The Labute approximate surface area is 208 Å². The number of aromatic nitrogens is 2. The Balaban J connectivity index is 1.36. The standard InChI is InChI=1S/C24H30N6O2S2/c31-34(32)29-21-12-10-20(11-13-21)28-24(33)27-16-4-1-7-17-30(18-22-8-2-5-14-25-22)19-23-9-3-6-15-26-23/h2-3,5-6,8-15,29H,1,4,7,16-19H2,(H,31,32)(H2,27,28,33). The van der Waals surface area contributed by atoms with E-state index in [-0.39, 0.29) is 0 Å². The highest BCUT2D eigenvalue weighted by Gasteiger charge is 2.09. The Morgan fingerprint density at radius 2 is 1.50 bits per heavy atom. The van der Waals surface area contributed by atoms with Crippen LogP contribution < -0.4 is 15.4 Å². The summed E-state index contributed by atoms with van der Waals surface area (Å²) in [6.07, 6.45) is 6.82. The number of hydrogen-bond donors (Lipinski definition) is 4. The summed E-state index contributed by atoms with van der Waals surface area (Å²) in [5.41, 5.74) is 3.49. The second-order valence-electron chi connectivity index (χ2n) is 7.72. The lowest BCUT2D eigenvalue weighted by Gasteiger charge is -2.21. The molecule has 3 aromatic rings. The Bertz CT molecular complexity index is 981. The molecule has 1 aromatic carbocycles. The van der Waals surface area contributed by atoms with Crippen LogP contribution in [0.25, 0.3) is 0 Å². The summed E-state index contributed by atoms with van der Waals surface area (Å²) >= 11 is 3.27. The van der Waals surface area contributed by atoms with Crippen molar-refractivity contribution >= 4 is 40.0 Å². The number of unbranched alkanes of at least 4 members (excludes halogenated alkanes) is 2. The predicted molar refractivity (Wildman–Crippen MR) is 141 cm³/mol. The number of benzene rings is 1. The van der Waals surface area contributed by atoms with E-state index in [0.717, 1.165) is 62.5 Å². The van der Waals surface area contributed by atoms with Crippen molar-refractivity contribution in [3.8, 4) is 0 Å². The number of anilines is 2. The van der Waals surface area contributed by atoms with Crippen LogP contribution in [0.1, 0.15) is 30.7 Å². The summed E-state index contributed by atoms with van der Waals surface area (Å²) in [7, 11) is 0. The average Bonchev–Trinajstić information content (AvgIpc) is 2.83. The maximum Gasteiger partial charge on any atom is 0.259 e. The number of nitrogens with zero attached hydrogens (tertiary/aromatic N) is 3. The third-order valence-corrected chi connectivity index (χ3v) is 5.66. The van der Waals surface area contributed by atoms with Crippen LogP contribution in [0.2, 0.25) is 0 Å². The minimum atomic E-state index is -2.08. The highest BCUT2D eigenvalue weighted by Crippen LogP contribution is 2.14. The zero-order valence-corrected chi connectivity index (χ0v) is 20.5. The van der Waals surface area contributed by atoms with E-state index in [0.29, 0.717) is 10.8 Å². The molecule has 10 heteroatoms. The number of thiocarbonyl (C=S) groups is 1. The van der Waals surface area contributed by atoms with Crippen molar-refractivity contribution in [1.82, 2.24) is 20.2 Å². The molecule has 3 rings (SSSR count). The van der Waals surface area contributed by atoms with Gasteiger partial charge in [0.25, 0.3) is 11.3 Å². The van der Waals surface area contributed by atoms with Gasteiger partial charge in [-0.25, -0.2) is 4.21 Å². The topological polar surface area (TPSA) is 102 Å². The predicted octanol–water partition coefficient (Wildman–Crippen LogP) is 4.18. The van der Waals surface area contributed by atoms with E-state index in [9.17, 15) is 4.21 Å². The van der Waals surface area contributed by atoms with Gasteiger partial charge in [-0.15, -0.1) is 0 Å². The average molecular weight is 499 g/mol. The van der Waals surface area contributed by atoms with E-state index in [2.05, 4.69) is 42.4 Å². The second-order valence-corrected chi connectivity index (χ2v) is 8.83. The third kappa shape index (κ3) is 9.92. The van der Waals surface area contributed by atoms with Crippen LogP contribution in [-0.4, -0.2) is 41.8 Å². The first kappa shape index (κ1) is 25.7. The van der Waals surface area contributed by atoms with Gasteiger partial charge >= 0.3 is 0 Å². The van der Waals surface area contributed by atoms with Gasteiger partial charge in [0, 0.05) is 43.4 Å². The molecule has 0 fully saturated rings. The Hall–Kier alpha value is -2.92. The maximum atomic E-state index is 10.8. The van der Waals surface area contributed by atoms with E-state index in [1.807, 2.05) is 36.7 Å². The number of hydrogen-bond acceptors (Lipinski definition) is 5. The summed E-state index contributed by atoms with van der Waals surface area (Å²) < 4.78 is 22.0. The number of nitrogens with one attached hydrogen (secondary N) is 3. The summed E-state index contributed by atoms with van der Waals surface area (Å²) in [6.45, 7) is 3.35. The molecule has 34 heavy (non-hydrogen) atoms. The van der Waals surface area contributed by atoms with E-state index < -0.39 is 11.3 Å². The van der Waals surface area contributed by atoms with Crippen LogP contribution in [-0.2, 0) is 24.4 Å². The van der Waals surface area contributed by atoms with Crippen molar-refractivity contribution in [2.45, 2.75) is 32.4 Å². The van der Waals surface area contributed by atoms with Gasteiger partial charge in [-0.05, 0) is 80.1 Å². The molecule has 180 valence electrons. The number of rotatable bonds is 13. The van der Waals surface area contributed by atoms with E-state index in [1.165, 1.54) is 0 Å². The van der Waals surface area contributed by atoms with E-state index >= 15 is 0 Å². The van der Waals surface area contributed by atoms with Gasteiger partial charge in [0.15, 0.2) is 5.11 Å². The molecule has 0 radical (unpaired) electrons. The monoisotopic (exact) mass is 498 g/mol. The molecule has 1 atom stereocenters. The molecule has 2 aromatic heterocycles. The lowest BCUT2D eigenvalue weighted by Crippen LogP contribution is -2.29. The third-order valence-electron chi connectivity index (χ3n) is 5.01. The molecule has 0 aliphatic rings. The van der Waals surface area contributed by atoms with Crippen molar-refractivity contribution in [2.24, 2.45) is 0 Å². The minimum absolute atomic E-state index is 0.554. The summed E-state index contributed by atoms with van der Waals surface area (Å²) in [5, 5.41) is 6.90. The van der Waals surface area contributed by atoms with E-state index in [4.69, 9.17) is 16.8 Å². The molecule has 0 saturated heterocycles. The molecule has 0 aliphatic heterocycles. The van der Waals surface area contributed by atoms with Gasteiger partial charge in [-0.3, -0.25) is 24.1 Å². The highest BCUT2D eigenvalue weighted by atomic mass is 32.2. The molecule has 0 spiro atoms. The quantitative estimate of drug-likeness (QED) is 0.158. The lowest BCUT2D eigenvalue weighted by atomic mass is 10.2. The molecule has 0 aliphatic carbocycles. The molecular formula is C24H30N6O2S2. The Morgan fingerprint density at radius 1 is 0.882 bits per heavy atom. The van der Waals surface area contributed by atoms with Crippen molar-refractivity contribution in [1.29, 1.82) is 0 Å². The molecule has 0 amide bonds. The smallest absolute Gasteiger partial charge is 0.259 e. The van der Waals surface area contributed by atoms with Gasteiger partial charge in [0.05, 0.1) is 11.4 Å². The second kappa shape index (κ2) is 14.4. The molecule has 0 saturated carbocycles. The maximum absolute atomic E-state index is 10.8. The minimum Gasteiger partial charge on any atom is -0.362 e. The van der Waals surface area contributed by atoms with E-state index in [1.54, 1.807) is 24.3 Å². The number of pyridine rings is 2. The van der Waals surface area contributed by atoms with Crippen molar-refractivity contribution in [2.75, 3.05) is 23.1 Å². The zero-order valence-electron chi connectivity index (χ0n) is 18.9. The fourth-order valence-electron chi connectivity index (χ4n) is 3.39. The van der Waals surface area contributed by atoms with Gasteiger partial charge < -0.3 is 10.6 Å². The first-order valence-corrected chi connectivity index (χ1v) is 12.6. The Morgan fingerprint density at radius 3 is 2.06 bits per heavy atom. The van der Waals surface area contributed by atoms with Crippen LogP contribution in [0.4, 0.5) is 11.4 Å². The molecule has 4 N–H and O–H groups in total. The first-order chi connectivity index (χ1) is 16.6. The highest BCUT2D eigenvalue weighted by molar-refractivity contribution is 7.80. The van der Waals surface area contributed by atoms with Crippen molar-refractivity contribution in [3.63, 3.8) is 0 Å². The van der Waals surface area contributed by atoms with Crippen LogP contribution in [0.15, 0.2) is 73.1 Å². The van der Waals surface area contributed by atoms with Crippen molar-refractivity contribution in [3.05, 3.63) is 84.4 Å². The normalized spacial score (nSPS) is 11.7. The fraction of sp³-hybridized carbons (Fsp3) is 0.292. The largest absolute Gasteiger partial charge is 0.362 e. The first-order valence-electron chi connectivity index (χ1n) is 11.1. The van der Waals surface area contributed by atoms with Gasteiger partial charge in [-0.1, -0.05) is 18.6 Å². The van der Waals surface area contributed by atoms with Gasteiger partial charge in [0.1, 0.15) is 0 Å². The molecule has 1 unspecified atom stereocenters. The summed E-state index contributed by atoms with van der Waals surface area (Å²) in [4.78, 5) is 11.3. The Kier molecular flexibility index (Phi) is 10.9. The summed E-state index contributed by atoms with van der Waals surface area (Å²) in [6, 6.07) is 19.0. The molecule has 0 bridgehead atoms. The van der Waals surface area contributed by atoms with Crippen LogP contribution in [0.3, 0.4) is 0 Å². The zero-order chi connectivity index (χ0) is 24.0. The molecule has 8 nitrogen and oxygen atoms in total.